The van der Waals surface area contributed by atoms with Crippen LogP contribution in [0.2, 0.25) is 0 Å². The third kappa shape index (κ3) is 3.59. The van der Waals surface area contributed by atoms with Gasteiger partial charge in [-0.3, -0.25) is 4.79 Å². The Morgan fingerprint density at radius 3 is 2.67 bits per heavy atom. The van der Waals surface area contributed by atoms with Gasteiger partial charge in [0.25, 0.3) is 0 Å². The standard InChI is InChI=1S/C15H19N3O2S/c1-9(8-16)14(19)18-15-17-13(10(2)21-15)11-4-6-12(20-3)7-5-11/h4-7,9H,8,16H2,1-3H3,(H,17,18,19). The number of hydrogen-bond donors (Lipinski definition) is 2. The highest BCUT2D eigenvalue weighted by Gasteiger charge is 2.15. The van der Waals surface area contributed by atoms with Crippen molar-refractivity contribution in [3.63, 3.8) is 0 Å². The molecule has 1 amide bonds. The van der Waals surface area contributed by atoms with Crippen LogP contribution in [-0.4, -0.2) is 24.5 Å². The lowest BCUT2D eigenvalue weighted by atomic mass is 10.1. The predicted octanol–water partition coefficient (Wildman–Crippen LogP) is 2.66. The summed E-state index contributed by atoms with van der Waals surface area (Å²) in [7, 11) is 1.63. The summed E-state index contributed by atoms with van der Waals surface area (Å²) in [6, 6.07) is 7.69. The van der Waals surface area contributed by atoms with E-state index in [1.165, 1.54) is 11.3 Å². The Morgan fingerprint density at radius 1 is 1.43 bits per heavy atom. The summed E-state index contributed by atoms with van der Waals surface area (Å²) in [6.07, 6.45) is 0. The van der Waals surface area contributed by atoms with Crippen LogP contribution >= 0.6 is 11.3 Å². The number of ether oxygens (including phenoxy) is 1. The molecular weight excluding hydrogens is 286 g/mol. The molecule has 1 aromatic heterocycles. The van der Waals surface area contributed by atoms with Gasteiger partial charge < -0.3 is 15.8 Å². The van der Waals surface area contributed by atoms with Crippen LogP contribution in [0, 0.1) is 12.8 Å². The normalized spacial score (nSPS) is 12.0. The minimum absolute atomic E-state index is 0.104. The number of thiazole rings is 1. The van der Waals surface area contributed by atoms with E-state index in [0.717, 1.165) is 21.9 Å². The first-order chi connectivity index (χ1) is 10.0. The monoisotopic (exact) mass is 305 g/mol. The minimum atomic E-state index is -0.223. The number of rotatable bonds is 5. The molecule has 112 valence electrons. The van der Waals surface area contributed by atoms with Crippen molar-refractivity contribution in [3.8, 4) is 17.0 Å². The maximum atomic E-state index is 11.8. The van der Waals surface area contributed by atoms with Crippen molar-refractivity contribution in [2.24, 2.45) is 11.7 Å². The molecule has 0 aliphatic carbocycles. The summed E-state index contributed by atoms with van der Waals surface area (Å²) in [6.45, 7) is 4.10. The third-order valence-electron chi connectivity index (χ3n) is 3.19. The quantitative estimate of drug-likeness (QED) is 0.890. The largest absolute Gasteiger partial charge is 0.497 e. The molecule has 0 bridgehead atoms. The van der Waals surface area contributed by atoms with Gasteiger partial charge >= 0.3 is 0 Å². The van der Waals surface area contributed by atoms with E-state index < -0.39 is 0 Å². The van der Waals surface area contributed by atoms with Gasteiger partial charge in [-0.25, -0.2) is 4.98 Å². The number of anilines is 1. The number of nitrogens with zero attached hydrogens (tertiary/aromatic N) is 1. The van der Waals surface area contributed by atoms with E-state index in [4.69, 9.17) is 10.5 Å². The number of aryl methyl sites for hydroxylation is 1. The fourth-order valence-electron chi connectivity index (χ4n) is 1.80. The Morgan fingerprint density at radius 2 is 2.10 bits per heavy atom. The second-order valence-corrected chi connectivity index (χ2v) is 5.98. The molecule has 3 N–H and O–H groups in total. The lowest BCUT2D eigenvalue weighted by Gasteiger charge is -2.06. The van der Waals surface area contributed by atoms with Crippen molar-refractivity contribution < 1.29 is 9.53 Å². The van der Waals surface area contributed by atoms with E-state index in [1.807, 2.05) is 31.2 Å². The average molecular weight is 305 g/mol. The Hall–Kier alpha value is -1.92. The summed E-state index contributed by atoms with van der Waals surface area (Å²) in [5, 5.41) is 3.41. The zero-order valence-corrected chi connectivity index (χ0v) is 13.2. The predicted molar refractivity (Wildman–Crippen MR) is 85.7 cm³/mol. The highest BCUT2D eigenvalue weighted by atomic mass is 32.1. The molecule has 21 heavy (non-hydrogen) atoms. The van der Waals surface area contributed by atoms with Gasteiger partial charge in [0.1, 0.15) is 5.75 Å². The number of hydrogen-bond acceptors (Lipinski definition) is 5. The SMILES string of the molecule is COc1ccc(-c2nc(NC(=O)C(C)CN)sc2C)cc1. The number of aromatic nitrogens is 1. The van der Waals surface area contributed by atoms with Crippen molar-refractivity contribution in [2.75, 3.05) is 19.0 Å². The summed E-state index contributed by atoms with van der Waals surface area (Å²) in [5.41, 5.74) is 7.36. The Labute approximate surface area is 128 Å². The van der Waals surface area contributed by atoms with E-state index in [9.17, 15) is 4.79 Å². The summed E-state index contributed by atoms with van der Waals surface area (Å²) < 4.78 is 5.15. The summed E-state index contributed by atoms with van der Waals surface area (Å²) in [5.74, 6) is 0.475. The second-order valence-electron chi connectivity index (χ2n) is 4.78. The maximum absolute atomic E-state index is 11.8. The van der Waals surface area contributed by atoms with Crippen LogP contribution in [0.15, 0.2) is 24.3 Å². The first-order valence-corrected chi connectivity index (χ1v) is 7.49. The fraction of sp³-hybridized carbons (Fsp3) is 0.333. The van der Waals surface area contributed by atoms with Crippen molar-refractivity contribution in [3.05, 3.63) is 29.1 Å². The number of carbonyl (C=O) groups is 1. The number of carbonyl (C=O) groups excluding carboxylic acids is 1. The molecule has 0 spiro atoms. The van der Waals surface area contributed by atoms with Crippen molar-refractivity contribution in [1.82, 2.24) is 4.98 Å². The van der Waals surface area contributed by atoms with Gasteiger partial charge in [-0.1, -0.05) is 6.92 Å². The van der Waals surface area contributed by atoms with Crippen LogP contribution in [0.1, 0.15) is 11.8 Å². The average Bonchev–Trinajstić information content (AvgIpc) is 2.86. The molecule has 1 atom stereocenters. The zero-order chi connectivity index (χ0) is 15.4. The fourth-order valence-corrected chi connectivity index (χ4v) is 2.64. The van der Waals surface area contributed by atoms with Crippen LogP contribution in [0.3, 0.4) is 0 Å². The number of methoxy groups -OCH3 is 1. The number of nitrogens with one attached hydrogen (secondary N) is 1. The molecule has 6 heteroatoms. The van der Waals surface area contributed by atoms with E-state index >= 15 is 0 Å². The molecule has 1 heterocycles. The Bertz CT molecular complexity index is 622. The molecule has 0 aliphatic rings. The molecule has 0 fully saturated rings. The van der Waals surface area contributed by atoms with Gasteiger partial charge in [-0.2, -0.15) is 0 Å². The van der Waals surface area contributed by atoms with Gasteiger partial charge in [-0.05, 0) is 31.2 Å². The van der Waals surface area contributed by atoms with E-state index in [1.54, 1.807) is 14.0 Å². The highest BCUT2D eigenvalue weighted by Crippen LogP contribution is 2.31. The van der Waals surface area contributed by atoms with Crippen LogP contribution in [0.5, 0.6) is 5.75 Å². The lowest BCUT2D eigenvalue weighted by molar-refractivity contribution is -0.119. The highest BCUT2D eigenvalue weighted by molar-refractivity contribution is 7.16. The van der Waals surface area contributed by atoms with Gasteiger partial charge in [0.2, 0.25) is 5.91 Å². The Balaban J connectivity index is 2.20. The topological polar surface area (TPSA) is 77.2 Å². The first kappa shape index (κ1) is 15.5. The molecule has 5 nitrogen and oxygen atoms in total. The Kier molecular flexibility index (Phi) is 4.93. The molecule has 1 aromatic carbocycles. The van der Waals surface area contributed by atoms with Gasteiger partial charge in [0.05, 0.1) is 12.8 Å². The number of nitrogens with two attached hydrogens (primary N) is 1. The van der Waals surface area contributed by atoms with Crippen LogP contribution < -0.4 is 15.8 Å². The lowest BCUT2D eigenvalue weighted by Crippen LogP contribution is -2.26. The van der Waals surface area contributed by atoms with E-state index in [0.29, 0.717) is 11.7 Å². The van der Waals surface area contributed by atoms with Gasteiger partial charge in [0.15, 0.2) is 5.13 Å². The van der Waals surface area contributed by atoms with Crippen molar-refractivity contribution in [1.29, 1.82) is 0 Å². The first-order valence-electron chi connectivity index (χ1n) is 6.68. The van der Waals surface area contributed by atoms with Gasteiger partial charge in [0, 0.05) is 22.9 Å². The zero-order valence-electron chi connectivity index (χ0n) is 12.3. The molecule has 1 unspecified atom stereocenters. The third-order valence-corrected chi connectivity index (χ3v) is 4.08. The number of benzene rings is 1. The van der Waals surface area contributed by atoms with Crippen LogP contribution in [0.4, 0.5) is 5.13 Å². The van der Waals surface area contributed by atoms with Crippen LogP contribution in [-0.2, 0) is 4.79 Å². The van der Waals surface area contributed by atoms with E-state index in [2.05, 4.69) is 10.3 Å². The number of amides is 1. The molecular formula is C15H19N3O2S. The maximum Gasteiger partial charge on any atom is 0.230 e. The van der Waals surface area contributed by atoms with Crippen LogP contribution in [0.25, 0.3) is 11.3 Å². The molecule has 0 radical (unpaired) electrons. The molecule has 0 saturated carbocycles. The molecule has 2 rings (SSSR count). The molecule has 0 saturated heterocycles. The van der Waals surface area contributed by atoms with Crippen molar-refractivity contribution in [2.45, 2.75) is 13.8 Å². The minimum Gasteiger partial charge on any atom is -0.497 e. The summed E-state index contributed by atoms with van der Waals surface area (Å²) >= 11 is 1.46. The van der Waals surface area contributed by atoms with Gasteiger partial charge in [-0.15, -0.1) is 11.3 Å². The van der Waals surface area contributed by atoms with Crippen molar-refractivity contribution >= 4 is 22.4 Å². The summed E-state index contributed by atoms with van der Waals surface area (Å²) in [4.78, 5) is 17.4. The molecule has 0 aliphatic heterocycles. The molecule has 2 aromatic rings. The van der Waals surface area contributed by atoms with E-state index in [-0.39, 0.29) is 11.8 Å². The second kappa shape index (κ2) is 6.69. The smallest absolute Gasteiger partial charge is 0.230 e.